The Morgan fingerprint density at radius 2 is 2.35 bits per heavy atom. The van der Waals surface area contributed by atoms with E-state index in [4.69, 9.17) is 17.3 Å². The molecule has 0 bridgehead atoms. The Labute approximate surface area is 104 Å². The van der Waals surface area contributed by atoms with Crippen molar-refractivity contribution in [3.05, 3.63) is 33.6 Å². The first-order chi connectivity index (χ1) is 8.08. The molecule has 2 rings (SSSR count). The number of nitrogens with one attached hydrogen (secondary N) is 1. The Hall–Kier alpha value is -1.73. The van der Waals surface area contributed by atoms with Gasteiger partial charge in [0, 0.05) is 0 Å². The molecule has 1 amide bonds. The highest BCUT2D eigenvalue weighted by Gasteiger charge is 2.13. The second-order valence-corrected chi connectivity index (χ2v) is 4.24. The number of primary amides is 1. The highest BCUT2D eigenvalue weighted by Crippen LogP contribution is 2.26. The second kappa shape index (κ2) is 4.64. The highest BCUT2D eigenvalue weighted by atomic mass is 35.5. The van der Waals surface area contributed by atoms with Crippen LogP contribution >= 0.6 is 22.9 Å². The molecular weight excluding hydrogens is 267 g/mol. The Morgan fingerprint density at radius 3 is 3.06 bits per heavy atom. The maximum absolute atomic E-state index is 13.3. The topological polar surface area (TPSA) is 80.9 Å². The van der Waals surface area contributed by atoms with Gasteiger partial charge in [-0.2, -0.15) is 4.98 Å². The lowest BCUT2D eigenvalue weighted by Crippen LogP contribution is -2.11. The van der Waals surface area contributed by atoms with Gasteiger partial charge in [-0.3, -0.25) is 4.79 Å². The molecular formula is C9H6ClFN4OS. The smallest absolute Gasteiger partial charge is 0.260 e. The number of nitrogens with two attached hydrogens (primary N) is 1. The molecule has 0 saturated heterocycles. The molecule has 2 heterocycles. The van der Waals surface area contributed by atoms with Crippen molar-refractivity contribution in [1.82, 2.24) is 9.97 Å². The van der Waals surface area contributed by atoms with Crippen LogP contribution in [0.1, 0.15) is 9.67 Å². The molecule has 0 fully saturated rings. The lowest BCUT2D eigenvalue weighted by Gasteiger charge is -2.05. The van der Waals surface area contributed by atoms with Gasteiger partial charge < -0.3 is 11.1 Å². The van der Waals surface area contributed by atoms with Crippen LogP contribution in [0.5, 0.6) is 0 Å². The molecule has 0 spiro atoms. The first kappa shape index (κ1) is 11.7. The first-order valence-electron chi connectivity index (χ1n) is 4.40. The quantitative estimate of drug-likeness (QED) is 0.839. The molecule has 0 aliphatic heterocycles. The Kier molecular flexibility index (Phi) is 3.21. The van der Waals surface area contributed by atoms with Crippen molar-refractivity contribution in [2.75, 3.05) is 5.32 Å². The summed E-state index contributed by atoms with van der Waals surface area (Å²) in [5.41, 5.74) is 5.54. The number of aromatic nitrogens is 2. The predicted molar refractivity (Wildman–Crippen MR) is 63.1 cm³/mol. The standard InChI is InChI=1S/C9H6ClFN4OS/c10-9-13-3-4(11)8(15-9)14-5-1-2-17-6(5)7(12)16/h1-3H,(H2,12,16)(H,13,14,15). The van der Waals surface area contributed by atoms with Crippen LogP contribution in [0.2, 0.25) is 5.28 Å². The molecule has 0 aliphatic rings. The van der Waals surface area contributed by atoms with Gasteiger partial charge in [0.25, 0.3) is 5.91 Å². The number of nitrogens with zero attached hydrogens (tertiary/aromatic N) is 2. The van der Waals surface area contributed by atoms with Crippen molar-refractivity contribution in [3.8, 4) is 0 Å². The molecule has 0 unspecified atom stereocenters. The summed E-state index contributed by atoms with van der Waals surface area (Å²) in [6.07, 6.45) is 0.938. The van der Waals surface area contributed by atoms with Gasteiger partial charge in [0.2, 0.25) is 5.28 Å². The summed E-state index contributed by atoms with van der Waals surface area (Å²) < 4.78 is 13.3. The minimum atomic E-state index is -0.670. The fraction of sp³-hybridized carbons (Fsp3) is 0. The number of carbonyl (C=O) groups excluding carboxylic acids is 1. The van der Waals surface area contributed by atoms with E-state index in [2.05, 4.69) is 15.3 Å². The summed E-state index contributed by atoms with van der Waals surface area (Å²) in [4.78, 5) is 18.5. The lowest BCUT2D eigenvalue weighted by atomic mass is 10.3. The SMILES string of the molecule is NC(=O)c1sccc1Nc1nc(Cl)ncc1F. The van der Waals surface area contributed by atoms with Crippen molar-refractivity contribution in [2.45, 2.75) is 0 Å². The van der Waals surface area contributed by atoms with Gasteiger partial charge in [0.15, 0.2) is 11.6 Å². The van der Waals surface area contributed by atoms with E-state index >= 15 is 0 Å². The zero-order chi connectivity index (χ0) is 12.4. The van der Waals surface area contributed by atoms with Gasteiger partial charge in [0.05, 0.1) is 11.9 Å². The molecule has 3 N–H and O–H groups in total. The van der Waals surface area contributed by atoms with Gasteiger partial charge in [-0.05, 0) is 23.0 Å². The summed E-state index contributed by atoms with van der Waals surface area (Å²) in [5, 5.41) is 4.21. The maximum Gasteiger partial charge on any atom is 0.260 e. The summed E-state index contributed by atoms with van der Waals surface area (Å²) in [5.74, 6) is -1.37. The van der Waals surface area contributed by atoms with Crippen molar-refractivity contribution < 1.29 is 9.18 Å². The van der Waals surface area contributed by atoms with Crippen molar-refractivity contribution in [3.63, 3.8) is 0 Å². The fourth-order valence-corrected chi connectivity index (χ4v) is 2.00. The highest BCUT2D eigenvalue weighted by molar-refractivity contribution is 7.12. The van der Waals surface area contributed by atoms with Crippen LogP contribution in [0.3, 0.4) is 0 Å². The fourth-order valence-electron chi connectivity index (χ4n) is 1.16. The van der Waals surface area contributed by atoms with E-state index in [0.717, 1.165) is 17.5 Å². The Morgan fingerprint density at radius 1 is 1.59 bits per heavy atom. The number of hydrogen-bond donors (Lipinski definition) is 2. The Bertz CT molecular complexity index is 574. The number of thiophene rings is 1. The molecule has 0 saturated carbocycles. The number of hydrogen-bond acceptors (Lipinski definition) is 5. The molecule has 0 atom stereocenters. The van der Waals surface area contributed by atoms with E-state index < -0.39 is 11.7 Å². The third-order valence-electron chi connectivity index (χ3n) is 1.86. The van der Waals surface area contributed by atoms with Gasteiger partial charge >= 0.3 is 0 Å². The average Bonchev–Trinajstić information content (AvgIpc) is 2.71. The van der Waals surface area contributed by atoms with E-state index in [-0.39, 0.29) is 11.1 Å². The second-order valence-electron chi connectivity index (χ2n) is 2.99. The molecule has 0 radical (unpaired) electrons. The third kappa shape index (κ3) is 2.51. The van der Waals surface area contributed by atoms with Crippen molar-refractivity contribution >= 4 is 40.4 Å². The van der Waals surface area contributed by atoms with Gasteiger partial charge in [0.1, 0.15) is 4.88 Å². The minimum Gasteiger partial charge on any atom is -0.365 e. The van der Waals surface area contributed by atoms with Crippen molar-refractivity contribution in [2.24, 2.45) is 5.73 Å². The largest absolute Gasteiger partial charge is 0.365 e. The Balaban J connectivity index is 2.34. The summed E-state index contributed by atoms with van der Waals surface area (Å²) in [7, 11) is 0. The minimum absolute atomic E-state index is 0.0928. The molecule has 2 aromatic heterocycles. The molecule has 5 nitrogen and oxygen atoms in total. The predicted octanol–water partition coefficient (Wildman–Crippen LogP) is 2.17. The van der Waals surface area contributed by atoms with Crippen LogP contribution in [0, 0.1) is 5.82 Å². The summed E-state index contributed by atoms with van der Waals surface area (Å²) in [6, 6.07) is 1.60. The number of amides is 1. The summed E-state index contributed by atoms with van der Waals surface area (Å²) >= 11 is 6.69. The molecule has 8 heteroatoms. The normalized spacial score (nSPS) is 10.2. The monoisotopic (exact) mass is 272 g/mol. The number of rotatable bonds is 3. The number of anilines is 2. The van der Waals surface area contributed by atoms with Crippen molar-refractivity contribution in [1.29, 1.82) is 0 Å². The number of halogens is 2. The number of carbonyl (C=O) groups is 1. The van der Waals surface area contributed by atoms with E-state index in [1.165, 1.54) is 0 Å². The van der Waals surface area contributed by atoms with Crippen LogP contribution in [0.15, 0.2) is 17.6 Å². The van der Waals surface area contributed by atoms with E-state index in [1.807, 2.05) is 0 Å². The van der Waals surface area contributed by atoms with E-state index in [0.29, 0.717) is 10.6 Å². The third-order valence-corrected chi connectivity index (χ3v) is 2.97. The zero-order valence-corrected chi connectivity index (χ0v) is 9.85. The van der Waals surface area contributed by atoms with Crippen LogP contribution in [0.4, 0.5) is 15.9 Å². The van der Waals surface area contributed by atoms with Crippen LogP contribution in [-0.2, 0) is 0 Å². The van der Waals surface area contributed by atoms with Gasteiger partial charge in [-0.25, -0.2) is 9.37 Å². The average molecular weight is 273 g/mol. The van der Waals surface area contributed by atoms with Crippen LogP contribution < -0.4 is 11.1 Å². The van der Waals surface area contributed by atoms with Crippen LogP contribution in [-0.4, -0.2) is 15.9 Å². The zero-order valence-electron chi connectivity index (χ0n) is 8.28. The molecule has 0 aliphatic carbocycles. The maximum atomic E-state index is 13.3. The summed E-state index contributed by atoms with van der Waals surface area (Å²) in [6.45, 7) is 0. The lowest BCUT2D eigenvalue weighted by molar-refractivity contribution is 0.100. The van der Waals surface area contributed by atoms with Gasteiger partial charge in [-0.1, -0.05) is 0 Å². The molecule has 17 heavy (non-hydrogen) atoms. The molecule has 88 valence electrons. The van der Waals surface area contributed by atoms with E-state index in [9.17, 15) is 9.18 Å². The van der Waals surface area contributed by atoms with E-state index in [1.54, 1.807) is 11.4 Å². The molecule has 2 aromatic rings. The van der Waals surface area contributed by atoms with Crippen LogP contribution in [0.25, 0.3) is 0 Å². The molecule has 0 aromatic carbocycles. The van der Waals surface area contributed by atoms with Gasteiger partial charge in [-0.15, -0.1) is 11.3 Å². The first-order valence-corrected chi connectivity index (χ1v) is 5.66.